The first-order chi connectivity index (χ1) is 11.9. The molecule has 9 heteroatoms. The van der Waals surface area contributed by atoms with E-state index in [2.05, 4.69) is 15.4 Å². The van der Waals surface area contributed by atoms with Crippen molar-refractivity contribution in [3.63, 3.8) is 0 Å². The van der Waals surface area contributed by atoms with Gasteiger partial charge in [0.05, 0.1) is 0 Å². The monoisotopic (exact) mass is 354 g/mol. The molecule has 0 aromatic heterocycles. The van der Waals surface area contributed by atoms with Crippen LogP contribution in [0.2, 0.25) is 0 Å². The predicted molar refractivity (Wildman–Crippen MR) is 83.2 cm³/mol. The fourth-order valence-electron chi connectivity index (χ4n) is 2.15. The van der Waals surface area contributed by atoms with Crippen molar-refractivity contribution in [1.29, 1.82) is 0 Å². The number of fused-ring (bicyclic) bond motifs is 1. The lowest BCUT2D eigenvalue weighted by Gasteiger charge is -2.19. The van der Waals surface area contributed by atoms with E-state index in [9.17, 15) is 18.0 Å². The molecule has 2 N–H and O–H groups in total. The molecule has 2 aromatic rings. The van der Waals surface area contributed by atoms with Gasteiger partial charge in [0, 0.05) is 17.4 Å². The second kappa shape index (κ2) is 6.80. The van der Waals surface area contributed by atoms with E-state index in [0.29, 0.717) is 36.1 Å². The van der Waals surface area contributed by atoms with Crippen molar-refractivity contribution in [3.05, 3.63) is 42.5 Å². The molecule has 0 fully saturated rings. The van der Waals surface area contributed by atoms with E-state index in [4.69, 9.17) is 9.47 Å². The fraction of sp³-hybridized carbons (Fsp3) is 0.188. The van der Waals surface area contributed by atoms with Gasteiger partial charge in [-0.1, -0.05) is 0 Å². The topological polar surface area (TPSA) is 68.8 Å². The predicted octanol–water partition coefficient (Wildman–Crippen LogP) is 4.00. The summed E-state index contributed by atoms with van der Waals surface area (Å²) in [7, 11) is 0. The van der Waals surface area contributed by atoms with Crippen molar-refractivity contribution in [3.8, 4) is 17.2 Å². The minimum absolute atomic E-state index is 0.310. The van der Waals surface area contributed by atoms with Crippen molar-refractivity contribution in [2.45, 2.75) is 6.36 Å². The molecular weight excluding hydrogens is 341 g/mol. The van der Waals surface area contributed by atoms with E-state index in [1.54, 1.807) is 18.2 Å². The Morgan fingerprint density at radius 3 is 2.20 bits per heavy atom. The zero-order valence-electron chi connectivity index (χ0n) is 12.7. The summed E-state index contributed by atoms with van der Waals surface area (Å²) < 4.78 is 50.8. The third kappa shape index (κ3) is 4.69. The lowest BCUT2D eigenvalue weighted by atomic mass is 10.2. The van der Waals surface area contributed by atoms with Crippen molar-refractivity contribution in [2.24, 2.45) is 0 Å². The quantitative estimate of drug-likeness (QED) is 0.874. The molecule has 25 heavy (non-hydrogen) atoms. The van der Waals surface area contributed by atoms with E-state index in [1.165, 1.54) is 12.1 Å². The van der Waals surface area contributed by atoms with Gasteiger partial charge in [0.2, 0.25) is 0 Å². The smallest absolute Gasteiger partial charge is 0.486 e. The molecule has 1 heterocycles. The van der Waals surface area contributed by atoms with Crippen molar-refractivity contribution < 1.29 is 32.2 Å². The van der Waals surface area contributed by atoms with Crippen LogP contribution >= 0.6 is 0 Å². The number of anilines is 2. The Morgan fingerprint density at radius 2 is 1.52 bits per heavy atom. The fourth-order valence-corrected chi connectivity index (χ4v) is 2.15. The zero-order valence-corrected chi connectivity index (χ0v) is 12.7. The third-order valence-corrected chi connectivity index (χ3v) is 3.15. The van der Waals surface area contributed by atoms with Gasteiger partial charge in [-0.25, -0.2) is 4.79 Å². The summed E-state index contributed by atoms with van der Waals surface area (Å²) in [5, 5.41) is 5.10. The molecule has 132 valence electrons. The van der Waals surface area contributed by atoms with Gasteiger partial charge < -0.3 is 24.8 Å². The SMILES string of the molecule is O=C(Nc1ccc(OC(F)(F)F)cc1)Nc1ccc2c(c1)OCCO2. The van der Waals surface area contributed by atoms with Crippen molar-refractivity contribution in [1.82, 2.24) is 0 Å². The highest BCUT2D eigenvalue weighted by Gasteiger charge is 2.30. The molecule has 0 saturated heterocycles. The van der Waals surface area contributed by atoms with E-state index in [-0.39, 0.29) is 5.75 Å². The van der Waals surface area contributed by atoms with Crippen LogP contribution < -0.4 is 24.8 Å². The Kier molecular flexibility index (Phi) is 4.55. The van der Waals surface area contributed by atoms with Crippen LogP contribution in [0.1, 0.15) is 0 Å². The van der Waals surface area contributed by atoms with Gasteiger partial charge >= 0.3 is 12.4 Å². The van der Waals surface area contributed by atoms with Crippen LogP contribution in [0.25, 0.3) is 0 Å². The van der Waals surface area contributed by atoms with Gasteiger partial charge in [-0.2, -0.15) is 0 Å². The average molecular weight is 354 g/mol. The van der Waals surface area contributed by atoms with Crippen LogP contribution in [0.4, 0.5) is 29.3 Å². The Morgan fingerprint density at radius 1 is 0.920 bits per heavy atom. The first-order valence-corrected chi connectivity index (χ1v) is 7.22. The maximum atomic E-state index is 12.1. The van der Waals surface area contributed by atoms with Crippen molar-refractivity contribution in [2.75, 3.05) is 23.8 Å². The standard InChI is InChI=1S/C16H13F3N2O4/c17-16(18,19)25-12-4-1-10(2-5-12)20-15(22)21-11-3-6-13-14(9-11)24-8-7-23-13/h1-6,9H,7-8H2,(H2,20,21,22). The molecule has 0 spiro atoms. The molecule has 0 radical (unpaired) electrons. The molecule has 2 aromatic carbocycles. The normalized spacial score (nSPS) is 13.1. The molecule has 2 amide bonds. The maximum Gasteiger partial charge on any atom is 0.573 e. The number of rotatable bonds is 3. The number of nitrogens with one attached hydrogen (secondary N) is 2. The van der Waals surface area contributed by atoms with Crippen molar-refractivity contribution >= 4 is 17.4 Å². The van der Waals surface area contributed by atoms with Gasteiger partial charge in [-0.3, -0.25) is 0 Å². The van der Waals surface area contributed by atoms with Crippen LogP contribution in [-0.2, 0) is 0 Å². The zero-order chi connectivity index (χ0) is 17.9. The van der Waals surface area contributed by atoms with Gasteiger partial charge in [0.25, 0.3) is 0 Å². The van der Waals surface area contributed by atoms with Gasteiger partial charge in [-0.05, 0) is 36.4 Å². The molecule has 1 aliphatic heterocycles. The first-order valence-electron chi connectivity index (χ1n) is 7.22. The number of carbonyl (C=O) groups is 1. The van der Waals surface area contributed by atoms with Crippen LogP contribution in [0.3, 0.4) is 0 Å². The highest BCUT2D eigenvalue weighted by molar-refractivity contribution is 5.99. The number of urea groups is 1. The molecule has 3 rings (SSSR count). The van der Waals surface area contributed by atoms with Crippen LogP contribution in [-0.4, -0.2) is 25.6 Å². The Hall–Kier alpha value is -3.10. The highest BCUT2D eigenvalue weighted by atomic mass is 19.4. The lowest BCUT2D eigenvalue weighted by molar-refractivity contribution is -0.274. The highest BCUT2D eigenvalue weighted by Crippen LogP contribution is 2.32. The summed E-state index contributed by atoms with van der Waals surface area (Å²) in [5.41, 5.74) is 0.795. The number of ether oxygens (including phenoxy) is 3. The Bertz CT molecular complexity index is 763. The summed E-state index contributed by atoms with van der Waals surface area (Å²) in [6.45, 7) is 0.892. The maximum absolute atomic E-state index is 12.1. The summed E-state index contributed by atoms with van der Waals surface area (Å²) in [6, 6.07) is 9.19. The summed E-state index contributed by atoms with van der Waals surface area (Å²) >= 11 is 0. The number of halogens is 3. The molecule has 0 aliphatic carbocycles. The van der Waals surface area contributed by atoms with Crippen LogP contribution in [0, 0.1) is 0 Å². The van der Waals surface area contributed by atoms with Crippen LogP contribution in [0.15, 0.2) is 42.5 Å². The number of amides is 2. The van der Waals surface area contributed by atoms with Gasteiger partial charge in [0.15, 0.2) is 11.5 Å². The first kappa shape index (κ1) is 16.7. The second-order valence-electron chi connectivity index (χ2n) is 5.01. The van der Waals surface area contributed by atoms with Gasteiger partial charge in [0.1, 0.15) is 19.0 Å². The molecule has 6 nitrogen and oxygen atoms in total. The molecular formula is C16H13F3N2O4. The minimum atomic E-state index is -4.76. The molecule has 0 unspecified atom stereocenters. The second-order valence-corrected chi connectivity index (χ2v) is 5.01. The summed E-state index contributed by atoms with van der Waals surface area (Å²) in [4.78, 5) is 12.0. The Balaban J connectivity index is 1.59. The minimum Gasteiger partial charge on any atom is -0.486 e. The number of hydrogen-bond donors (Lipinski definition) is 2. The largest absolute Gasteiger partial charge is 0.573 e. The average Bonchev–Trinajstić information content (AvgIpc) is 2.55. The summed E-state index contributed by atoms with van der Waals surface area (Å²) in [5.74, 6) is 0.750. The number of alkyl halides is 3. The lowest BCUT2D eigenvalue weighted by Crippen LogP contribution is -2.20. The molecule has 1 aliphatic rings. The van der Waals surface area contributed by atoms with E-state index in [1.807, 2.05) is 0 Å². The number of benzene rings is 2. The van der Waals surface area contributed by atoms with Gasteiger partial charge in [-0.15, -0.1) is 13.2 Å². The number of hydrogen-bond acceptors (Lipinski definition) is 4. The van der Waals surface area contributed by atoms with E-state index in [0.717, 1.165) is 12.1 Å². The molecule has 0 atom stereocenters. The third-order valence-electron chi connectivity index (χ3n) is 3.15. The van der Waals surface area contributed by atoms with E-state index < -0.39 is 12.4 Å². The number of carbonyl (C=O) groups excluding carboxylic acids is 1. The molecule has 0 bridgehead atoms. The van der Waals surface area contributed by atoms with E-state index >= 15 is 0 Å². The Labute approximate surface area is 140 Å². The summed E-state index contributed by atoms with van der Waals surface area (Å²) in [6.07, 6.45) is -4.76. The van der Waals surface area contributed by atoms with Crippen LogP contribution in [0.5, 0.6) is 17.2 Å². The molecule has 0 saturated carbocycles.